The van der Waals surface area contributed by atoms with Crippen molar-refractivity contribution in [3.63, 3.8) is 0 Å². The van der Waals surface area contributed by atoms with E-state index in [-0.39, 0.29) is 11.5 Å². The maximum atomic E-state index is 10.7. The Morgan fingerprint density at radius 3 is 0.829 bits per heavy atom. The molecule has 4 nitrogen and oxygen atoms in total. The van der Waals surface area contributed by atoms with Gasteiger partial charge in [0.15, 0.2) is 0 Å². The van der Waals surface area contributed by atoms with Gasteiger partial charge in [0.05, 0.1) is 13.2 Å². The van der Waals surface area contributed by atoms with Crippen LogP contribution in [0.2, 0.25) is 0 Å². The molecule has 0 radical (unpaired) electrons. The summed E-state index contributed by atoms with van der Waals surface area (Å²) >= 11 is 0. The van der Waals surface area contributed by atoms with Crippen molar-refractivity contribution in [1.82, 2.24) is 0 Å². The lowest BCUT2D eigenvalue weighted by molar-refractivity contribution is 0.0446. The second-order valence-corrected chi connectivity index (χ2v) is 12.6. The Morgan fingerprint density at radius 1 is 0.390 bits per heavy atom. The summed E-state index contributed by atoms with van der Waals surface area (Å²) in [5, 5.41) is 41.3. The average Bonchev–Trinajstić information content (AvgIpc) is 2.98. The van der Waals surface area contributed by atoms with Crippen molar-refractivity contribution >= 4 is 0 Å². The second-order valence-electron chi connectivity index (χ2n) is 12.6. The lowest BCUT2D eigenvalue weighted by Gasteiger charge is -2.28. The molecule has 4 heteroatoms. The Balaban J connectivity index is 4.01. The molecule has 0 spiro atoms. The lowest BCUT2D eigenvalue weighted by Crippen LogP contribution is -2.34. The van der Waals surface area contributed by atoms with Gasteiger partial charge in [-0.1, -0.05) is 168 Å². The summed E-state index contributed by atoms with van der Waals surface area (Å²) in [5.74, 6) is -0.221. The summed E-state index contributed by atoms with van der Waals surface area (Å²) < 4.78 is 0. The number of aliphatic hydroxyl groups excluding tert-OH is 4. The van der Waals surface area contributed by atoms with E-state index >= 15 is 0 Å². The molecule has 0 fully saturated rings. The molecule has 0 aliphatic rings. The Hall–Kier alpha value is -1.00. The van der Waals surface area contributed by atoms with Gasteiger partial charge < -0.3 is 20.4 Å². The highest BCUT2D eigenvalue weighted by molar-refractivity contribution is 5.21. The molecule has 0 unspecified atom stereocenters. The molecule has 0 aliphatic carbocycles. The van der Waals surface area contributed by atoms with Crippen molar-refractivity contribution in [2.45, 2.75) is 194 Å². The van der Waals surface area contributed by atoms with E-state index in [1.807, 2.05) is 0 Å². The molecule has 0 aromatic heterocycles. The quantitative estimate of drug-likeness (QED) is 0.0471. The fraction of sp³-hybridized carbons (Fsp3) is 0.892. The zero-order valence-corrected chi connectivity index (χ0v) is 27.7. The molecule has 0 saturated heterocycles. The van der Waals surface area contributed by atoms with E-state index in [1.54, 1.807) is 12.2 Å². The smallest absolute Gasteiger partial charge is 0.129 e. The Bertz CT molecular complexity index is 546. The predicted octanol–water partition coefficient (Wildman–Crippen LogP) is 11.8. The lowest BCUT2D eigenvalue weighted by atomic mass is 9.83. The summed E-state index contributed by atoms with van der Waals surface area (Å²) in [6, 6.07) is 0. The van der Waals surface area contributed by atoms with Gasteiger partial charge in [-0.05, 0) is 37.8 Å². The average molecular weight is 581 g/mol. The molecule has 0 rings (SSSR count). The molecule has 0 atom stereocenters. The molecule has 244 valence electrons. The Labute approximate surface area is 256 Å². The van der Waals surface area contributed by atoms with Crippen LogP contribution in [0.3, 0.4) is 0 Å². The van der Waals surface area contributed by atoms with Crippen LogP contribution in [0.25, 0.3) is 0 Å². The third-order valence-corrected chi connectivity index (χ3v) is 8.81. The molecule has 0 aromatic rings. The van der Waals surface area contributed by atoms with Gasteiger partial charge >= 0.3 is 0 Å². The summed E-state index contributed by atoms with van der Waals surface area (Å²) in [4.78, 5) is 0. The van der Waals surface area contributed by atoms with E-state index in [0.29, 0.717) is 12.8 Å². The van der Waals surface area contributed by atoms with Crippen LogP contribution in [-0.4, -0.2) is 33.6 Å². The number of unbranched alkanes of at least 4 members (excludes halogenated alkanes) is 26. The van der Waals surface area contributed by atoms with E-state index in [2.05, 4.69) is 13.8 Å². The van der Waals surface area contributed by atoms with Gasteiger partial charge in [0.2, 0.25) is 0 Å². The SMILES string of the molecule is CCCCCCCCCCCCCCCC=C(O)C(CO)(CO)C(O)=CCCCCCCCCCCCCCCC. The highest BCUT2D eigenvalue weighted by atomic mass is 16.3. The topological polar surface area (TPSA) is 80.9 Å². The second kappa shape index (κ2) is 30.5. The maximum absolute atomic E-state index is 10.7. The first-order valence-electron chi connectivity index (χ1n) is 18.1. The van der Waals surface area contributed by atoms with Gasteiger partial charge in [0.25, 0.3) is 0 Å². The highest BCUT2D eigenvalue weighted by Gasteiger charge is 2.38. The third kappa shape index (κ3) is 22.2. The van der Waals surface area contributed by atoms with Gasteiger partial charge in [0.1, 0.15) is 16.9 Å². The largest absolute Gasteiger partial charge is 0.511 e. The van der Waals surface area contributed by atoms with Crippen LogP contribution >= 0.6 is 0 Å². The van der Waals surface area contributed by atoms with Crippen LogP contribution < -0.4 is 0 Å². The monoisotopic (exact) mass is 581 g/mol. The van der Waals surface area contributed by atoms with Gasteiger partial charge in [-0.3, -0.25) is 0 Å². The van der Waals surface area contributed by atoms with E-state index in [0.717, 1.165) is 25.7 Å². The van der Waals surface area contributed by atoms with Gasteiger partial charge in [-0.25, -0.2) is 0 Å². The molecule has 0 heterocycles. The molecule has 0 amide bonds. The van der Waals surface area contributed by atoms with E-state index in [1.165, 1.54) is 141 Å². The summed E-state index contributed by atoms with van der Waals surface area (Å²) in [5.41, 5.74) is -1.48. The Kier molecular flexibility index (Phi) is 29.7. The van der Waals surface area contributed by atoms with Crippen molar-refractivity contribution in [3.05, 3.63) is 23.7 Å². The van der Waals surface area contributed by atoms with Crippen LogP contribution in [-0.2, 0) is 0 Å². The molecular formula is C37H72O4. The summed E-state index contributed by atoms with van der Waals surface area (Å²) in [7, 11) is 0. The minimum Gasteiger partial charge on any atom is -0.511 e. The normalized spacial score (nSPS) is 12.9. The maximum Gasteiger partial charge on any atom is 0.129 e. The molecule has 0 aromatic carbocycles. The number of hydrogen-bond donors (Lipinski definition) is 4. The summed E-state index contributed by atoms with van der Waals surface area (Å²) in [6.07, 6.45) is 38.4. The minimum absolute atomic E-state index is 0.111. The first-order chi connectivity index (χ1) is 20.1. The minimum atomic E-state index is -1.48. The van der Waals surface area contributed by atoms with E-state index < -0.39 is 18.6 Å². The van der Waals surface area contributed by atoms with Crippen molar-refractivity contribution < 1.29 is 20.4 Å². The fourth-order valence-electron chi connectivity index (χ4n) is 5.70. The van der Waals surface area contributed by atoms with Gasteiger partial charge in [-0.2, -0.15) is 0 Å². The van der Waals surface area contributed by atoms with Crippen LogP contribution in [0, 0.1) is 5.41 Å². The predicted molar refractivity (Wildman–Crippen MR) is 179 cm³/mol. The first kappa shape index (κ1) is 40.0. The number of rotatable bonds is 32. The van der Waals surface area contributed by atoms with E-state index in [4.69, 9.17) is 0 Å². The molecule has 0 bridgehead atoms. The molecule has 41 heavy (non-hydrogen) atoms. The van der Waals surface area contributed by atoms with Crippen molar-refractivity contribution in [1.29, 1.82) is 0 Å². The van der Waals surface area contributed by atoms with Crippen molar-refractivity contribution in [2.75, 3.05) is 13.2 Å². The summed E-state index contributed by atoms with van der Waals surface area (Å²) in [6.45, 7) is 3.51. The van der Waals surface area contributed by atoms with Crippen molar-refractivity contribution in [2.24, 2.45) is 5.41 Å². The van der Waals surface area contributed by atoms with Crippen LogP contribution in [0.1, 0.15) is 194 Å². The van der Waals surface area contributed by atoms with Crippen LogP contribution in [0.5, 0.6) is 0 Å². The molecule has 0 saturated carbocycles. The van der Waals surface area contributed by atoms with Gasteiger partial charge in [0, 0.05) is 0 Å². The van der Waals surface area contributed by atoms with Crippen LogP contribution in [0.4, 0.5) is 0 Å². The van der Waals surface area contributed by atoms with Crippen molar-refractivity contribution in [3.8, 4) is 0 Å². The van der Waals surface area contributed by atoms with Crippen LogP contribution in [0.15, 0.2) is 23.7 Å². The Morgan fingerprint density at radius 2 is 0.610 bits per heavy atom. The zero-order valence-electron chi connectivity index (χ0n) is 27.7. The third-order valence-electron chi connectivity index (χ3n) is 8.81. The first-order valence-corrected chi connectivity index (χ1v) is 18.1. The number of aliphatic hydroxyl groups is 4. The number of hydrogen-bond acceptors (Lipinski definition) is 4. The standard InChI is InChI=1S/C37H72O4/c1-3-5-7-9-11-13-15-17-19-21-23-25-27-29-31-35(40)37(33-38,34-39)36(41)32-30-28-26-24-22-20-18-16-14-12-10-8-6-4-2/h31-32,38-41H,3-30,33-34H2,1-2H3. The van der Waals surface area contributed by atoms with Gasteiger partial charge in [-0.15, -0.1) is 0 Å². The highest BCUT2D eigenvalue weighted by Crippen LogP contribution is 2.33. The zero-order chi connectivity index (χ0) is 30.3. The fourth-order valence-corrected chi connectivity index (χ4v) is 5.70. The van der Waals surface area contributed by atoms with E-state index in [9.17, 15) is 20.4 Å². The number of allylic oxidation sites excluding steroid dienone is 2. The molecule has 0 aliphatic heterocycles. The molecule has 4 N–H and O–H groups in total. The molecular weight excluding hydrogens is 508 g/mol.